The van der Waals surface area contributed by atoms with Crippen molar-refractivity contribution in [1.82, 2.24) is 4.98 Å². The highest BCUT2D eigenvalue weighted by Crippen LogP contribution is 2.28. The molecular formula is C14H13NO3. The molecule has 18 heavy (non-hydrogen) atoms. The molecule has 1 aromatic carbocycles. The number of aryl methyl sites for hydroxylation is 2. The van der Waals surface area contributed by atoms with Gasteiger partial charge in [0.25, 0.3) is 0 Å². The summed E-state index contributed by atoms with van der Waals surface area (Å²) in [5.41, 5.74) is 1.72. The van der Waals surface area contributed by atoms with Crippen LogP contribution >= 0.6 is 0 Å². The number of aromatic carboxylic acids is 1. The Morgan fingerprint density at radius 3 is 2.56 bits per heavy atom. The van der Waals surface area contributed by atoms with Crippen LogP contribution in [0.1, 0.15) is 21.6 Å². The molecule has 2 aromatic rings. The van der Waals surface area contributed by atoms with Gasteiger partial charge >= 0.3 is 5.97 Å². The number of carbonyl (C=O) groups is 1. The van der Waals surface area contributed by atoms with E-state index in [1.165, 1.54) is 6.07 Å². The first-order chi connectivity index (χ1) is 8.58. The smallest absolute Gasteiger partial charge is 0.339 e. The molecule has 1 aromatic heterocycles. The second kappa shape index (κ2) is 4.87. The number of para-hydroxylation sites is 1. The number of pyridine rings is 1. The van der Waals surface area contributed by atoms with Crippen molar-refractivity contribution in [2.45, 2.75) is 13.8 Å². The van der Waals surface area contributed by atoms with Crippen LogP contribution in [0.3, 0.4) is 0 Å². The monoisotopic (exact) mass is 243 g/mol. The minimum absolute atomic E-state index is 0.137. The summed E-state index contributed by atoms with van der Waals surface area (Å²) in [5.74, 6) is -0.281. The lowest BCUT2D eigenvalue weighted by Gasteiger charge is -2.10. The van der Waals surface area contributed by atoms with Crippen LogP contribution in [0.5, 0.6) is 11.6 Å². The van der Waals surface area contributed by atoms with Gasteiger partial charge in [-0.2, -0.15) is 0 Å². The summed E-state index contributed by atoms with van der Waals surface area (Å²) in [7, 11) is 0. The number of carboxylic acids is 1. The van der Waals surface area contributed by atoms with E-state index in [0.717, 1.165) is 11.3 Å². The average Bonchev–Trinajstić information content (AvgIpc) is 2.31. The van der Waals surface area contributed by atoms with Crippen molar-refractivity contribution in [3.05, 3.63) is 53.2 Å². The van der Waals surface area contributed by atoms with Crippen molar-refractivity contribution < 1.29 is 14.6 Å². The molecule has 0 spiro atoms. The normalized spacial score (nSPS) is 10.1. The molecule has 0 radical (unpaired) electrons. The molecule has 4 nitrogen and oxygen atoms in total. The molecule has 0 aliphatic heterocycles. The highest BCUT2D eigenvalue weighted by Gasteiger charge is 2.14. The van der Waals surface area contributed by atoms with Gasteiger partial charge in [0.15, 0.2) is 0 Å². The van der Waals surface area contributed by atoms with Gasteiger partial charge in [-0.25, -0.2) is 9.78 Å². The SMILES string of the molecule is Cc1cccc(Oc2c(C)cccc2C(=O)O)n1. The maximum Gasteiger partial charge on any atom is 0.339 e. The Morgan fingerprint density at radius 2 is 1.89 bits per heavy atom. The van der Waals surface area contributed by atoms with Crippen LogP contribution < -0.4 is 4.74 Å². The Balaban J connectivity index is 2.42. The lowest BCUT2D eigenvalue weighted by molar-refractivity contribution is 0.0694. The van der Waals surface area contributed by atoms with Gasteiger partial charge in [-0.3, -0.25) is 0 Å². The molecule has 2 rings (SSSR count). The number of carboxylic acid groups (broad SMARTS) is 1. The summed E-state index contributed by atoms with van der Waals surface area (Å²) < 4.78 is 5.59. The van der Waals surface area contributed by atoms with Crippen LogP contribution in [0.15, 0.2) is 36.4 Å². The average molecular weight is 243 g/mol. The largest absolute Gasteiger partial charge is 0.478 e. The molecular weight excluding hydrogens is 230 g/mol. The van der Waals surface area contributed by atoms with Crippen LogP contribution in [0, 0.1) is 13.8 Å². The van der Waals surface area contributed by atoms with Crippen molar-refractivity contribution in [2.75, 3.05) is 0 Å². The molecule has 0 fully saturated rings. The molecule has 0 aliphatic carbocycles. The Hall–Kier alpha value is -2.36. The van der Waals surface area contributed by atoms with Crippen molar-refractivity contribution >= 4 is 5.97 Å². The number of nitrogens with zero attached hydrogens (tertiary/aromatic N) is 1. The van der Waals surface area contributed by atoms with Crippen molar-refractivity contribution in [3.8, 4) is 11.6 Å². The Kier molecular flexibility index (Phi) is 3.28. The van der Waals surface area contributed by atoms with Crippen LogP contribution in [0.2, 0.25) is 0 Å². The van der Waals surface area contributed by atoms with Crippen LogP contribution in [-0.2, 0) is 0 Å². The summed E-state index contributed by atoms with van der Waals surface area (Å²) in [6, 6.07) is 10.4. The first-order valence-electron chi connectivity index (χ1n) is 5.52. The fourth-order valence-corrected chi connectivity index (χ4v) is 1.64. The van der Waals surface area contributed by atoms with Gasteiger partial charge in [0.1, 0.15) is 11.3 Å². The van der Waals surface area contributed by atoms with Crippen molar-refractivity contribution in [2.24, 2.45) is 0 Å². The predicted molar refractivity (Wildman–Crippen MR) is 67.2 cm³/mol. The second-order valence-corrected chi connectivity index (χ2v) is 3.98. The standard InChI is InChI=1S/C14H13NO3/c1-9-5-3-7-11(14(16)17)13(9)18-12-8-4-6-10(2)15-12/h3-8H,1-2H3,(H,16,17). The number of hydrogen-bond acceptors (Lipinski definition) is 3. The number of hydrogen-bond donors (Lipinski definition) is 1. The topological polar surface area (TPSA) is 59.4 Å². The van der Waals surface area contributed by atoms with Gasteiger partial charge < -0.3 is 9.84 Å². The van der Waals surface area contributed by atoms with E-state index in [4.69, 9.17) is 9.84 Å². The Labute approximate surface area is 105 Å². The minimum Gasteiger partial charge on any atom is -0.478 e. The van der Waals surface area contributed by atoms with Crippen LogP contribution in [0.4, 0.5) is 0 Å². The lowest BCUT2D eigenvalue weighted by Crippen LogP contribution is -2.02. The molecule has 0 saturated carbocycles. The number of ether oxygens (including phenoxy) is 1. The lowest BCUT2D eigenvalue weighted by atomic mass is 10.1. The van der Waals surface area contributed by atoms with E-state index in [1.807, 2.05) is 19.1 Å². The van der Waals surface area contributed by atoms with Gasteiger partial charge in [0.05, 0.1) is 0 Å². The van der Waals surface area contributed by atoms with Crippen molar-refractivity contribution in [1.29, 1.82) is 0 Å². The van der Waals surface area contributed by atoms with Gasteiger partial charge in [0, 0.05) is 11.8 Å². The summed E-state index contributed by atoms with van der Waals surface area (Å²) in [6.45, 7) is 3.65. The summed E-state index contributed by atoms with van der Waals surface area (Å²) in [5, 5.41) is 9.12. The number of aromatic nitrogens is 1. The molecule has 0 atom stereocenters. The van der Waals surface area contributed by atoms with E-state index in [0.29, 0.717) is 11.6 Å². The molecule has 0 unspecified atom stereocenters. The molecule has 1 N–H and O–H groups in total. The zero-order chi connectivity index (χ0) is 13.1. The van der Waals surface area contributed by atoms with Crippen LogP contribution in [0.25, 0.3) is 0 Å². The molecule has 92 valence electrons. The summed E-state index contributed by atoms with van der Waals surface area (Å²) in [4.78, 5) is 15.3. The summed E-state index contributed by atoms with van der Waals surface area (Å²) in [6.07, 6.45) is 0. The van der Waals surface area contributed by atoms with E-state index < -0.39 is 5.97 Å². The zero-order valence-corrected chi connectivity index (χ0v) is 10.2. The molecule has 0 bridgehead atoms. The number of rotatable bonds is 3. The quantitative estimate of drug-likeness (QED) is 0.899. The first-order valence-corrected chi connectivity index (χ1v) is 5.52. The molecule has 0 saturated heterocycles. The highest BCUT2D eigenvalue weighted by molar-refractivity contribution is 5.91. The number of benzene rings is 1. The van der Waals surface area contributed by atoms with Crippen molar-refractivity contribution in [3.63, 3.8) is 0 Å². The van der Waals surface area contributed by atoms with E-state index in [-0.39, 0.29) is 5.56 Å². The minimum atomic E-state index is -1.01. The molecule has 4 heteroatoms. The predicted octanol–water partition coefficient (Wildman–Crippen LogP) is 3.19. The third kappa shape index (κ3) is 2.48. The molecule has 1 heterocycles. The first kappa shape index (κ1) is 12.1. The van der Waals surface area contributed by atoms with E-state index in [9.17, 15) is 4.79 Å². The van der Waals surface area contributed by atoms with E-state index in [1.54, 1.807) is 25.1 Å². The molecule has 0 aliphatic rings. The third-order valence-corrected chi connectivity index (χ3v) is 2.51. The van der Waals surface area contributed by atoms with E-state index in [2.05, 4.69) is 4.98 Å². The van der Waals surface area contributed by atoms with E-state index >= 15 is 0 Å². The van der Waals surface area contributed by atoms with Gasteiger partial charge in [-0.15, -0.1) is 0 Å². The van der Waals surface area contributed by atoms with Gasteiger partial charge in [-0.05, 0) is 31.5 Å². The van der Waals surface area contributed by atoms with Gasteiger partial charge in [0.2, 0.25) is 5.88 Å². The Bertz CT molecular complexity index is 593. The second-order valence-electron chi connectivity index (χ2n) is 3.98. The molecule has 0 amide bonds. The Morgan fingerprint density at radius 1 is 1.17 bits per heavy atom. The maximum absolute atomic E-state index is 11.1. The fraction of sp³-hybridized carbons (Fsp3) is 0.143. The fourth-order valence-electron chi connectivity index (χ4n) is 1.64. The maximum atomic E-state index is 11.1. The highest BCUT2D eigenvalue weighted by atomic mass is 16.5. The van der Waals surface area contributed by atoms with Gasteiger partial charge in [-0.1, -0.05) is 18.2 Å². The summed E-state index contributed by atoms with van der Waals surface area (Å²) >= 11 is 0. The van der Waals surface area contributed by atoms with Crippen LogP contribution in [-0.4, -0.2) is 16.1 Å². The zero-order valence-electron chi connectivity index (χ0n) is 10.2. The third-order valence-electron chi connectivity index (χ3n) is 2.51.